The summed E-state index contributed by atoms with van der Waals surface area (Å²) in [6.07, 6.45) is 0.968. The smallest absolute Gasteiger partial charge is 0.372 e. The molecule has 0 unspecified atom stereocenters. The third kappa shape index (κ3) is 7.42. The second-order valence-corrected chi connectivity index (χ2v) is 8.56. The number of ketones is 1. The third-order valence-electron chi connectivity index (χ3n) is 3.61. The summed E-state index contributed by atoms with van der Waals surface area (Å²) in [5.74, 6) is -2.17. The van der Waals surface area contributed by atoms with Gasteiger partial charge in [0.25, 0.3) is 0 Å². The lowest BCUT2D eigenvalue weighted by molar-refractivity contribution is -0.151. The third-order valence-corrected chi connectivity index (χ3v) is 4.95. The van der Waals surface area contributed by atoms with E-state index in [-0.39, 0.29) is 18.4 Å². The van der Waals surface area contributed by atoms with Crippen LogP contribution in [0.4, 0.5) is 0 Å². The molecule has 0 fully saturated rings. The number of amides is 1. The van der Waals surface area contributed by atoms with Gasteiger partial charge in [0.1, 0.15) is 6.04 Å². The van der Waals surface area contributed by atoms with Crippen molar-refractivity contribution in [3.05, 3.63) is 35.9 Å². The molecule has 152 valence electrons. The lowest BCUT2D eigenvalue weighted by Gasteiger charge is -2.22. The molecule has 0 aromatic heterocycles. The number of carbonyl (C=O) groups excluding carboxylic acids is 3. The SMILES string of the molecule is CC(C)OC(=O)[C@H](CCC(=O)C=[N+]=N)NC(=O)[C@H](c1ccccc1)S(C)(=O)=O. The van der Waals surface area contributed by atoms with Gasteiger partial charge >= 0.3 is 12.2 Å². The number of carbonyl (C=O) groups is 3. The summed E-state index contributed by atoms with van der Waals surface area (Å²) in [6.45, 7) is 3.25. The van der Waals surface area contributed by atoms with Crippen LogP contribution in [-0.4, -0.2) is 55.5 Å². The first kappa shape index (κ1) is 23.2. The molecule has 0 aliphatic carbocycles. The Morgan fingerprint density at radius 3 is 2.32 bits per heavy atom. The van der Waals surface area contributed by atoms with Gasteiger partial charge < -0.3 is 10.1 Å². The van der Waals surface area contributed by atoms with Crippen LogP contribution in [0.5, 0.6) is 0 Å². The van der Waals surface area contributed by atoms with E-state index < -0.39 is 44.9 Å². The van der Waals surface area contributed by atoms with Crippen molar-refractivity contribution in [1.82, 2.24) is 5.32 Å². The second kappa shape index (κ2) is 10.5. The minimum Gasteiger partial charge on any atom is -0.461 e. The number of esters is 1. The molecular formula is C18H24N3O6S+. The Kier molecular flexibility index (Phi) is 8.69. The Morgan fingerprint density at radius 2 is 1.82 bits per heavy atom. The standard InChI is InChI=1S/C18H23N3O6S/c1-12(2)27-18(24)15(10-9-14(22)11-20-19)21-17(23)16(28(3,25)26)13-7-5-4-6-8-13/h4-8,11-12,15-16,19H,9-10H2,1-3H3/p+1/t15-,16-/m0/s1. The number of Topliss-reactive ketones (excluding diaryl/α,β-unsaturated/α-hetero) is 1. The molecule has 0 saturated carbocycles. The van der Waals surface area contributed by atoms with E-state index >= 15 is 0 Å². The Hall–Kier alpha value is -2.84. The number of hydrogen-bond donors (Lipinski definition) is 2. The number of hydrogen-bond acceptors (Lipinski definition) is 7. The largest absolute Gasteiger partial charge is 0.461 e. The number of ether oxygens (including phenoxy) is 1. The molecule has 0 aliphatic rings. The summed E-state index contributed by atoms with van der Waals surface area (Å²) in [5.41, 5.74) is 6.91. The van der Waals surface area contributed by atoms with Crippen LogP contribution < -0.4 is 5.32 Å². The summed E-state index contributed by atoms with van der Waals surface area (Å²) in [4.78, 5) is 39.4. The summed E-state index contributed by atoms with van der Waals surface area (Å²) in [5, 5.41) is 0.883. The van der Waals surface area contributed by atoms with Crippen molar-refractivity contribution in [3.8, 4) is 0 Å². The Morgan fingerprint density at radius 1 is 1.21 bits per heavy atom. The summed E-state index contributed by atoms with van der Waals surface area (Å²) in [6, 6.07) is 6.67. The van der Waals surface area contributed by atoms with Gasteiger partial charge in [-0.05, 0) is 25.8 Å². The Labute approximate surface area is 163 Å². The average Bonchev–Trinajstić information content (AvgIpc) is 2.58. The molecule has 2 atom stereocenters. The fourth-order valence-electron chi connectivity index (χ4n) is 2.45. The molecule has 1 rings (SSSR count). The van der Waals surface area contributed by atoms with Crippen LogP contribution in [0.25, 0.3) is 0 Å². The van der Waals surface area contributed by atoms with Crippen molar-refractivity contribution in [2.75, 3.05) is 6.26 Å². The number of nitrogens with one attached hydrogen (secondary N) is 2. The number of sulfone groups is 1. The molecule has 1 amide bonds. The fraction of sp³-hybridized carbons (Fsp3) is 0.444. The van der Waals surface area contributed by atoms with E-state index in [9.17, 15) is 22.8 Å². The van der Waals surface area contributed by atoms with Crippen LogP contribution in [0.2, 0.25) is 0 Å². The van der Waals surface area contributed by atoms with Gasteiger partial charge in [-0.15, -0.1) is 0 Å². The Balaban J connectivity index is 3.09. The molecule has 9 nitrogen and oxygen atoms in total. The highest BCUT2D eigenvalue weighted by Gasteiger charge is 2.34. The monoisotopic (exact) mass is 410 g/mol. The van der Waals surface area contributed by atoms with Gasteiger partial charge in [-0.2, -0.15) is 0 Å². The van der Waals surface area contributed by atoms with Gasteiger partial charge in [-0.25, -0.2) is 13.2 Å². The van der Waals surface area contributed by atoms with Crippen molar-refractivity contribution in [1.29, 1.82) is 5.53 Å². The summed E-state index contributed by atoms with van der Waals surface area (Å²) < 4.78 is 29.5. The molecule has 2 N–H and O–H groups in total. The minimum absolute atomic E-state index is 0.118. The van der Waals surface area contributed by atoms with Crippen LogP contribution in [-0.2, 0) is 29.0 Å². The van der Waals surface area contributed by atoms with Crippen LogP contribution in [0.1, 0.15) is 37.5 Å². The first-order chi connectivity index (χ1) is 13.1. The maximum atomic E-state index is 12.7. The lowest BCUT2D eigenvalue weighted by atomic mass is 10.1. The second-order valence-electron chi connectivity index (χ2n) is 6.43. The molecule has 0 radical (unpaired) electrons. The van der Waals surface area contributed by atoms with E-state index in [1.54, 1.807) is 32.0 Å². The first-order valence-corrected chi connectivity index (χ1v) is 10.5. The van der Waals surface area contributed by atoms with Crippen molar-refractivity contribution >= 4 is 33.7 Å². The van der Waals surface area contributed by atoms with E-state index in [1.807, 2.05) is 0 Å². The van der Waals surface area contributed by atoms with Gasteiger partial charge in [-0.1, -0.05) is 30.3 Å². The van der Waals surface area contributed by atoms with Gasteiger partial charge in [0.15, 0.2) is 15.1 Å². The van der Waals surface area contributed by atoms with Crippen molar-refractivity contribution in [3.63, 3.8) is 0 Å². The maximum Gasteiger partial charge on any atom is 0.372 e. The number of nitrogens with zero attached hydrogens (tertiary/aromatic N) is 1. The quantitative estimate of drug-likeness (QED) is 0.253. The molecule has 0 heterocycles. The molecule has 10 heteroatoms. The van der Waals surface area contributed by atoms with E-state index in [0.29, 0.717) is 0 Å². The van der Waals surface area contributed by atoms with Crippen molar-refractivity contribution in [2.45, 2.75) is 44.1 Å². The fourth-order valence-corrected chi connectivity index (χ4v) is 3.56. The predicted octanol–water partition coefficient (Wildman–Crippen LogP) is 0.868. The number of benzene rings is 1. The zero-order valence-electron chi connectivity index (χ0n) is 15.9. The molecule has 0 aliphatic heterocycles. The van der Waals surface area contributed by atoms with Crippen molar-refractivity contribution < 1.29 is 32.3 Å². The molecule has 0 saturated heterocycles. The minimum atomic E-state index is -3.83. The summed E-state index contributed by atoms with van der Waals surface area (Å²) in [7, 11) is -3.83. The van der Waals surface area contributed by atoms with Gasteiger partial charge in [0.2, 0.25) is 11.7 Å². The van der Waals surface area contributed by atoms with Crippen LogP contribution in [0.3, 0.4) is 0 Å². The van der Waals surface area contributed by atoms with E-state index in [2.05, 4.69) is 10.1 Å². The van der Waals surface area contributed by atoms with E-state index in [1.165, 1.54) is 12.1 Å². The van der Waals surface area contributed by atoms with E-state index in [4.69, 9.17) is 10.3 Å². The van der Waals surface area contributed by atoms with Crippen LogP contribution >= 0.6 is 0 Å². The van der Waals surface area contributed by atoms with Gasteiger partial charge in [-0.3, -0.25) is 9.59 Å². The highest BCUT2D eigenvalue weighted by atomic mass is 32.2. The van der Waals surface area contributed by atoms with Gasteiger partial charge in [0, 0.05) is 12.7 Å². The lowest BCUT2D eigenvalue weighted by Crippen LogP contribution is -2.46. The highest BCUT2D eigenvalue weighted by Crippen LogP contribution is 2.22. The highest BCUT2D eigenvalue weighted by molar-refractivity contribution is 7.91. The zero-order chi connectivity index (χ0) is 21.3. The number of rotatable bonds is 10. The maximum absolute atomic E-state index is 12.7. The Bertz CT molecular complexity index is 861. The normalized spacial score (nSPS) is 13.1. The molecular weight excluding hydrogens is 386 g/mol. The summed E-state index contributed by atoms with van der Waals surface area (Å²) >= 11 is 0. The molecule has 1 aromatic carbocycles. The van der Waals surface area contributed by atoms with Crippen LogP contribution in [0.15, 0.2) is 30.3 Å². The average molecular weight is 410 g/mol. The van der Waals surface area contributed by atoms with Gasteiger partial charge in [0.05, 0.1) is 16.4 Å². The first-order valence-electron chi connectivity index (χ1n) is 8.53. The molecule has 28 heavy (non-hydrogen) atoms. The van der Waals surface area contributed by atoms with Crippen molar-refractivity contribution in [2.24, 2.45) is 0 Å². The zero-order valence-corrected chi connectivity index (χ0v) is 16.7. The molecule has 0 spiro atoms. The van der Waals surface area contributed by atoms with Crippen LogP contribution in [0, 0.1) is 5.53 Å². The topological polar surface area (TPSA) is 145 Å². The van der Waals surface area contributed by atoms with E-state index in [0.717, 1.165) is 12.5 Å². The molecule has 0 bridgehead atoms. The molecule has 1 aromatic rings. The predicted molar refractivity (Wildman–Crippen MR) is 100 cm³/mol.